The van der Waals surface area contributed by atoms with E-state index in [1.807, 2.05) is 0 Å². The third-order valence-corrected chi connectivity index (χ3v) is 16.5. The van der Waals surface area contributed by atoms with Crippen molar-refractivity contribution in [2.75, 3.05) is 0 Å². The van der Waals surface area contributed by atoms with E-state index >= 15 is 0 Å². The van der Waals surface area contributed by atoms with Crippen molar-refractivity contribution in [2.45, 2.75) is 105 Å². The maximum atomic E-state index is 2.48. The maximum absolute atomic E-state index is 2.48. The van der Waals surface area contributed by atoms with Crippen LogP contribution in [-0.4, -0.2) is 0 Å². The molecule has 12 aromatic rings. The zero-order valence-corrected chi connectivity index (χ0v) is 46.6. The van der Waals surface area contributed by atoms with Crippen molar-refractivity contribution in [1.82, 2.24) is 0 Å². The lowest BCUT2D eigenvalue weighted by Crippen LogP contribution is -2.10. The monoisotopic (exact) mass is 983 g/mol. The first-order chi connectivity index (χ1) is 36.2. The van der Waals surface area contributed by atoms with Crippen LogP contribution in [-0.2, 0) is 21.7 Å². The summed E-state index contributed by atoms with van der Waals surface area (Å²) in [5, 5.41) is 15.2. The van der Waals surface area contributed by atoms with Crippen LogP contribution in [0.5, 0.6) is 0 Å². The summed E-state index contributed by atoms with van der Waals surface area (Å²) < 4.78 is 0. The van der Waals surface area contributed by atoms with Gasteiger partial charge in [-0.1, -0.05) is 253 Å². The van der Waals surface area contributed by atoms with Gasteiger partial charge in [-0.2, -0.15) is 0 Å². The highest BCUT2D eigenvalue weighted by molar-refractivity contribution is 6.26. The molecule has 0 heterocycles. The Bertz CT molecular complexity index is 3950. The van der Waals surface area contributed by atoms with E-state index in [4.69, 9.17) is 0 Å². The lowest BCUT2D eigenvalue weighted by molar-refractivity contribution is 0.590. The van der Waals surface area contributed by atoms with Crippen molar-refractivity contribution < 1.29 is 0 Å². The van der Waals surface area contributed by atoms with Gasteiger partial charge in [-0.3, -0.25) is 0 Å². The fourth-order valence-corrected chi connectivity index (χ4v) is 11.9. The first kappa shape index (κ1) is 49.1. The number of fused-ring (bicyclic) bond motifs is 10. The average Bonchev–Trinajstić information content (AvgIpc) is 3.43. The Morgan fingerprint density at radius 3 is 0.632 bits per heavy atom. The second kappa shape index (κ2) is 17.9. The normalized spacial score (nSPS) is 12.7. The standard InChI is InChI=1S/C76H70/c1-73(2,3)53-31-21-47(22-32-53)63-43-71-61-39-29-51(41-67(61)65(45-69(71)59-19-15-13-17-57(59)63)49-25-35-55(36-26-49)75(7,8)9)52-30-40-62-68(42-52)66(50-27-37-56(38-28-50)76(10,11)12)46-70-60-20-16-14-18-58(60)64(44-72(62)70)48-23-33-54(34-24-48)74(4,5)6/h13-46H,1-12H3. The summed E-state index contributed by atoms with van der Waals surface area (Å²) >= 11 is 0. The molecule has 0 bridgehead atoms. The van der Waals surface area contributed by atoms with Crippen LogP contribution in [0.3, 0.4) is 0 Å². The van der Waals surface area contributed by atoms with E-state index in [2.05, 4.69) is 289 Å². The molecule has 12 rings (SSSR count). The molecule has 0 amide bonds. The molecule has 12 aromatic carbocycles. The second-order valence-corrected chi connectivity index (χ2v) is 25.8. The second-order valence-electron chi connectivity index (χ2n) is 25.8. The molecule has 0 N–H and O–H groups in total. The van der Waals surface area contributed by atoms with Crippen LogP contribution in [0.2, 0.25) is 0 Å². The molecular weight excluding hydrogens is 913 g/mol. The lowest BCUT2D eigenvalue weighted by Gasteiger charge is -2.21. The van der Waals surface area contributed by atoms with Gasteiger partial charge in [-0.05, 0) is 201 Å². The average molecular weight is 983 g/mol. The van der Waals surface area contributed by atoms with Gasteiger partial charge in [-0.15, -0.1) is 0 Å². The van der Waals surface area contributed by atoms with E-state index in [1.165, 1.54) is 143 Å². The number of rotatable bonds is 5. The number of benzene rings is 12. The molecule has 0 saturated carbocycles. The van der Waals surface area contributed by atoms with Crippen LogP contribution in [0.4, 0.5) is 0 Å². The molecule has 0 aromatic heterocycles. The number of hydrogen-bond acceptors (Lipinski definition) is 0. The molecule has 0 unspecified atom stereocenters. The van der Waals surface area contributed by atoms with Crippen LogP contribution < -0.4 is 0 Å². The van der Waals surface area contributed by atoms with Crippen LogP contribution in [0.15, 0.2) is 206 Å². The van der Waals surface area contributed by atoms with Gasteiger partial charge in [0.15, 0.2) is 0 Å². The van der Waals surface area contributed by atoms with E-state index in [1.54, 1.807) is 0 Å². The molecular formula is C76H70. The first-order valence-electron chi connectivity index (χ1n) is 27.5. The minimum atomic E-state index is 0.0517. The fraction of sp³-hybridized carbons (Fsp3) is 0.211. The lowest BCUT2D eigenvalue weighted by atomic mass is 9.83. The highest BCUT2D eigenvalue weighted by atomic mass is 14.3. The summed E-state index contributed by atoms with van der Waals surface area (Å²) in [6, 6.07) is 79.6. The zero-order valence-electron chi connectivity index (χ0n) is 46.6. The Balaban J connectivity index is 1.11. The Hall–Kier alpha value is -7.80. The fourth-order valence-electron chi connectivity index (χ4n) is 11.9. The van der Waals surface area contributed by atoms with Gasteiger partial charge in [-0.25, -0.2) is 0 Å². The summed E-state index contributed by atoms with van der Waals surface area (Å²) in [4.78, 5) is 0. The minimum absolute atomic E-state index is 0.0517. The Morgan fingerprint density at radius 2 is 0.382 bits per heavy atom. The smallest absolute Gasteiger partial charge is 0.00923 e. The summed E-state index contributed by atoms with van der Waals surface area (Å²) in [6.07, 6.45) is 0. The van der Waals surface area contributed by atoms with E-state index in [9.17, 15) is 0 Å². The molecule has 0 aliphatic carbocycles. The molecule has 0 radical (unpaired) electrons. The summed E-state index contributed by atoms with van der Waals surface area (Å²) in [6.45, 7) is 27.5. The van der Waals surface area contributed by atoms with E-state index in [-0.39, 0.29) is 21.7 Å². The highest BCUT2D eigenvalue weighted by Crippen LogP contribution is 2.47. The largest absolute Gasteiger partial charge is 0.0616 e. The molecule has 0 nitrogen and oxygen atoms in total. The summed E-state index contributed by atoms with van der Waals surface area (Å²) in [7, 11) is 0. The van der Waals surface area contributed by atoms with E-state index in [0.717, 1.165) is 0 Å². The summed E-state index contributed by atoms with van der Waals surface area (Å²) in [5.41, 5.74) is 18.0. The van der Waals surface area contributed by atoms with Crippen molar-refractivity contribution in [3.8, 4) is 55.6 Å². The van der Waals surface area contributed by atoms with Crippen LogP contribution in [0.25, 0.3) is 120 Å². The molecule has 0 aliphatic heterocycles. The van der Waals surface area contributed by atoms with Gasteiger partial charge >= 0.3 is 0 Å². The third-order valence-electron chi connectivity index (χ3n) is 16.5. The molecule has 0 saturated heterocycles. The molecule has 0 aliphatic rings. The van der Waals surface area contributed by atoms with Gasteiger partial charge in [0.05, 0.1) is 0 Å². The quantitative estimate of drug-likeness (QED) is 0.151. The van der Waals surface area contributed by atoms with Crippen LogP contribution in [0, 0.1) is 0 Å². The van der Waals surface area contributed by atoms with E-state index < -0.39 is 0 Å². The van der Waals surface area contributed by atoms with Gasteiger partial charge in [0.1, 0.15) is 0 Å². The van der Waals surface area contributed by atoms with Crippen molar-refractivity contribution in [2.24, 2.45) is 0 Å². The first-order valence-corrected chi connectivity index (χ1v) is 27.5. The highest BCUT2D eigenvalue weighted by Gasteiger charge is 2.22. The van der Waals surface area contributed by atoms with Crippen molar-refractivity contribution in [1.29, 1.82) is 0 Å². The van der Waals surface area contributed by atoms with Gasteiger partial charge < -0.3 is 0 Å². The molecule has 0 heteroatoms. The zero-order chi connectivity index (χ0) is 53.1. The van der Waals surface area contributed by atoms with Crippen LogP contribution >= 0.6 is 0 Å². The Labute approximate surface area is 451 Å². The molecule has 374 valence electrons. The number of hydrogen-bond donors (Lipinski definition) is 0. The molecule has 0 fully saturated rings. The maximum Gasteiger partial charge on any atom is -0.00923 e. The SMILES string of the molecule is CC(C)(C)c1ccc(-c2cc3c4ccc(-c5ccc6c(c5)c(-c5ccc(C(C)(C)C)cc5)cc5c7ccccc7c(-c7ccc(C(C)(C)C)cc7)cc65)cc4c(-c4ccc(C(C)(C)C)cc4)cc3c3ccccc23)cc1. The van der Waals surface area contributed by atoms with Crippen LogP contribution in [0.1, 0.15) is 105 Å². The predicted molar refractivity (Wildman–Crippen MR) is 333 cm³/mol. The van der Waals surface area contributed by atoms with Gasteiger partial charge in [0.2, 0.25) is 0 Å². The topological polar surface area (TPSA) is 0 Å². The molecule has 76 heavy (non-hydrogen) atoms. The molecule has 0 spiro atoms. The summed E-state index contributed by atoms with van der Waals surface area (Å²) in [5.74, 6) is 0. The van der Waals surface area contributed by atoms with Crippen molar-refractivity contribution in [3.63, 3.8) is 0 Å². The van der Waals surface area contributed by atoms with Gasteiger partial charge in [0.25, 0.3) is 0 Å². The third kappa shape index (κ3) is 8.67. The Morgan fingerprint density at radius 1 is 0.171 bits per heavy atom. The van der Waals surface area contributed by atoms with E-state index in [0.29, 0.717) is 0 Å². The predicted octanol–water partition coefficient (Wildman–Crippen LogP) is 22.1. The minimum Gasteiger partial charge on any atom is -0.0616 e. The Kier molecular flexibility index (Phi) is 11.6. The van der Waals surface area contributed by atoms with Crippen molar-refractivity contribution in [3.05, 3.63) is 229 Å². The molecule has 0 atom stereocenters. The van der Waals surface area contributed by atoms with Crippen molar-refractivity contribution >= 4 is 64.6 Å². The van der Waals surface area contributed by atoms with Gasteiger partial charge in [0, 0.05) is 0 Å².